The molecule has 0 atom stereocenters. The van der Waals surface area contributed by atoms with E-state index in [4.69, 9.17) is 16.3 Å². The first kappa shape index (κ1) is 17.5. The number of nitrogens with one attached hydrogen (secondary N) is 1. The predicted molar refractivity (Wildman–Crippen MR) is 95.8 cm³/mol. The van der Waals surface area contributed by atoms with Crippen molar-refractivity contribution in [2.75, 3.05) is 29.9 Å². The van der Waals surface area contributed by atoms with Crippen molar-refractivity contribution in [3.63, 3.8) is 0 Å². The summed E-state index contributed by atoms with van der Waals surface area (Å²) in [5.41, 5.74) is 0.597. The van der Waals surface area contributed by atoms with Crippen LogP contribution in [-0.2, 0) is 4.79 Å². The first-order valence-electron chi connectivity index (χ1n) is 8.20. The Morgan fingerprint density at radius 3 is 2.72 bits per heavy atom. The molecule has 1 aromatic carbocycles. The van der Waals surface area contributed by atoms with Crippen LogP contribution in [0.15, 0.2) is 36.5 Å². The van der Waals surface area contributed by atoms with Gasteiger partial charge in [-0.15, -0.1) is 0 Å². The van der Waals surface area contributed by atoms with Crippen LogP contribution in [0.3, 0.4) is 0 Å². The molecule has 25 heavy (non-hydrogen) atoms. The first-order chi connectivity index (χ1) is 12.1. The topological polar surface area (TPSA) is 54.5 Å². The van der Waals surface area contributed by atoms with Gasteiger partial charge in [0.1, 0.15) is 17.4 Å². The summed E-state index contributed by atoms with van der Waals surface area (Å²) in [7, 11) is 0. The number of benzene rings is 1. The van der Waals surface area contributed by atoms with E-state index in [1.54, 1.807) is 6.20 Å². The van der Waals surface area contributed by atoms with Gasteiger partial charge in [0.05, 0.1) is 16.9 Å². The number of ether oxygens (including phenoxy) is 1. The van der Waals surface area contributed by atoms with Crippen molar-refractivity contribution in [2.24, 2.45) is 0 Å². The molecule has 1 N–H and O–H groups in total. The van der Waals surface area contributed by atoms with Gasteiger partial charge in [0, 0.05) is 13.1 Å². The Morgan fingerprint density at radius 2 is 2.04 bits per heavy atom. The zero-order chi connectivity index (χ0) is 17.6. The van der Waals surface area contributed by atoms with Crippen molar-refractivity contribution in [1.82, 2.24) is 4.98 Å². The van der Waals surface area contributed by atoms with Crippen LogP contribution < -0.4 is 15.0 Å². The van der Waals surface area contributed by atoms with Crippen molar-refractivity contribution < 1.29 is 13.9 Å². The number of aromatic nitrogens is 1. The molecule has 1 aliphatic rings. The number of amides is 1. The van der Waals surface area contributed by atoms with Gasteiger partial charge < -0.3 is 15.0 Å². The molecule has 1 amide bonds. The largest absolute Gasteiger partial charge is 0.482 e. The Morgan fingerprint density at radius 1 is 1.24 bits per heavy atom. The number of nitrogens with zero attached hydrogens (tertiary/aromatic N) is 2. The highest BCUT2D eigenvalue weighted by atomic mass is 35.5. The lowest BCUT2D eigenvalue weighted by molar-refractivity contribution is -0.118. The summed E-state index contributed by atoms with van der Waals surface area (Å²) in [4.78, 5) is 18.6. The van der Waals surface area contributed by atoms with Crippen molar-refractivity contribution in [3.8, 4) is 5.75 Å². The summed E-state index contributed by atoms with van der Waals surface area (Å²) in [5.74, 6) is 0.387. The molecule has 0 unspecified atom stereocenters. The molecule has 0 radical (unpaired) electrons. The summed E-state index contributed by atoms with van der Waals surface area (Å²) in [6, 6.07) is 7.47. The monoisotopic (exact) mass is 363 g/mol. The molecule has 2 aromatic rings. The number of anilines is 2. The van der Waals surface area contributed by atoms with E-state index in [0.29, 0.717) is 5.69 Å². The van der Waals surface area contributed by atoms with E-state index in [-0.39, 0.29) is 23.3 Å². The zero-order valence-electron chi connectivity index (χ0n) is 13.7. The van der Waals surface area contributed by atoms with Crippen molar-refractivity contribution in [3.05, 3.63) is 47.4 Å². The third kappa shape index (κ3) is 4.82. The SMILES string of the molecule is O=C(COc1ccc(F)cc1Cl)Nc1ccc(N2CCCCC2)nc1. The van der Waals surface area contributed by atoms with Gasteiger partial charge in [-0.3, -0.25) is 4.79 Å². The number of pyridine rings is 1. The minimum Gasteiger partial charge on any atom is -0.482 e. The fourth-order valence-corrected chi connectivity index (χ4v) is 2.92. The van der Waals surface area contributed by atoms with E-state index < -0.39 is 5.82 Å². The Kier molecular flexibility index (Phi) is 5.71. The van der Waals surface area contributed by atoms with E-state index in [2.05, 4.69) is 15.2 Å². The molecule has 5 nitrogen and oxygen atoms in total. The maximum atomic E-state index is 13.0. The maximum Gasteiger partial charge on any atom is 0.262 e. The molecule has 1 aliphatic heterocycles. The molecular weight excluding hydrogens is 345 g/mol. The number of piperidine rings is 1. The Hall–Kier alpha value is -2.34. The highest BCUT2D eigenvalue weighted by Gasteiger charge is 2.12. The number of carbonyl (C=O) groups is 1. The van der Waals surface area contributed by atoms with Crippen LogP contribution in [0.2, 0.25) is 5.02 Å². The number of carbonyl (C=O) groups excluding carboxylic acids is 1. The minimum atomic E-state index is -0.457. The third-order valence-electron chi connectivity index (χ3n) is 3.96. The smallest absolute Gasteiger partial charge is 0.262 e. The molecule has 1 fully saturated rings. The van der Waals surface area contributed by atoms with Gasteiger partial charge in [-0.25, -0.2) is 9.37 Å². The normalized spacial score (nSPS) is 14.2. The molecule has 0 spiro atoms. The van der Waals surface area contributed by atoms with Crippen molar-refractivity contribution >= 4 is 29.0 Å². The van der Waals surface area contributed by atoms with Gasteiger partial charge in [-0.1, -0.05) is 11.6 Å². The molecule has 7 heteroatoms. The fraction of sp³-hybridized carbons (Fsp3) is 0.333. The molecule has 1 aromatic heterocycles. The number of halogens is 2. The molecule has 1 saturated heterocycles. The third-order valence-corrected chi connectivity index (χ3v) is 4.26. The molecule has 0 bridgehead atoms. The Balaban J connectivity index is 1.52. The van der Waals surface area contributed by atoms with Crippen LogP contribution in [-0.4, -0.2) is 30.6 Å². The van der Waals surface area contributed by atoms with E-state index in [9.17, 15) is 9.18 Å². The molecule has 3 rings (SSSR count). The molecule has 0 aliphatic carbocycles. The fourth-order valence-electron chi connectivity index (χ4n) is 2.70. The second-order valence-corrected chi connectivity index (χ2v) is 6.27. The molecule has 132 valence electrons. The zero-order valence-corrected chi connectivity index (χ0v) is 14.4. The average molecular weight is 364 g/mol. The summed E-state index contributed by atoms with van der Waals surface area (Å²) < 4.78 is 18.3. The van der Waals surface area contributed by atoms with E-state index >= 15 is 0 Å². The molecule has 2 heterocycles. The Labute approximate surface area is 150 Å². The summed E-state index contributed by atoms with van der Waals surface area (Å²) >= 11 is 5.85. The predicted octanol–water partition coefficient (Wildman–Crippen LogP) is 3.88. The van der Waals surface area contributed by atoms with Gasteiger partial charge in [0.15, 0.2) is 6.61 Å². The number of hydrogen-bond donors (Lipinski definition) is 1. The standard InChI is InChI=1S/C18H19ClFN3O2/c19-15-10-13(20)4-6-16(15)25-12-18(24)22-14-5-7-17(21-11-14)23-8-2-1-3-9-23/h4-7,10-11H,1-3,8-9,12H2,(H,22,24). The molecular formula is C18H19ClFN3O2. The van der Waals surface area contributed by atoms with Gasteiger partial charge >= 0.3 is 0 Å². The second-order valence-electron chi connectivity index (χ2n) is 5.86. The van der Waals surface area contributed by atoms with Crippen molar-refractivity contribution in [1.29, 1.82) is 0 Å². The van der Waals surface area contributed by atoms with Gasteiger partial charge in [-0.05, 0) is 49.6 Å². The quantitative estimate of drug-likeness (QED) is 0.875. The van der Waals surface area contributed by atoms with Crippen LogP contribution in [0, 0.1) is 5.82 Å². The lowest BCUT2D eigenvalue weighted by Crippen LogP contribution is -2.30. The Bertz CT molecular complexity index is 734. The van der Waals surface area contributed by atoms with Crippen LogP contribution in [0.4, 0.5) is 15.9 Å². The lowest BCUT2D eigenvalue weighted by atomic mass is 10.1. The van der Waals surface area contributed by atoms with E-state index in [1.165, 1.54) is 31.4 Å². The van der Waals surface area contributed by atoms with Crippen LogP contribution in [0.25, 0.3) is 0 Å². The number of hydrogen-bond acceptors (Lipinski definition) is 4. The van der Waals surface area contributed by atoms with Crippen LogP contribution in [0.5, 0.6) is 5.75 Å². The maximum absolute atomic E-state index is 13.0. The summed E-state index contributed by atoms with van der Waals surface area (Å²) in [5, 5.41) is 2.84. The van der Waals surface area contributed by atoms with Gasteiger partial charge in [0.25, 0.3) is 5.91 Å². The number of rotatable bonds is 5. The minimum absolute atomic E-state index is 0.125. The summed E-state index contributed by atoms with van der Waals surface area (Å²) in [6.07, 6.45) is 5.27. The van der Waals surface area contributed by atoms with E-state index in [1.807, 2.05) is 12.1 Å². The van der Waals surface area contributed by atoms with E-state index in [0.717, 1.165) is 25.0 Å². The van der Waals surface area contributed by atoms with Gasteiger partial charge in [0.2, 0.25) is 0 Å². The van der Waals surface area contributed by atoms with Crippen LogP contribution in [0.1, 0.15) is 19.3 Å². The molecule has 0 saturated carbocycles. The van der Waals surface area contributed by atoms with Gasteiger partial charge in [-0.2, -0.15) is 0 Å². The average Bonchev–Trinajstić information content (AvgIpc) is 2.62. The van der Waals surface area contributed by atoms with Crippen LogP contribution >= 0.6 is 11.6 Å². The van der Waals surface area contributed by atoms with Crippen molar-refractivity contribution in [2.45, 2.75) is 19.3 Å². The second kappa shape index (κ2) is 8.16. The lowest BCUT2D eigenvalue weighted by Gasteiger charge is -2.27. The summed E-state index contributed by atoms with van der Waals surface area (Å²) in [6.45, 7) is 1.81. The first-order valence-corrected chi connectivity index (χ1v) is 8.58. The highest BCUT2D eigenvalue weighted by molar-refractivity contribution is 6.32. The highest BCUT2D eigenvalue weighted by Crippen LogP contribution is 2.25.